The first kappa shape index (κ1) is 25.6. The number of nitrogens with zero attached hydrogens (tertiary/aromatic N) is 3. The number of aryl methyl sites for hydroxylation is 2. The van der Waals surface area contributed by atoms with Gasteiger partial charge in [-0.15, -0.1) is 0 Å². The molecule has 3 heterocycles. The van der Waals surface area contributed by atoms with Gasteiger partial charge in [0.2, 0.25) is 11.9 Å². The van der Waals surface area contributed by atoms with Gasteiger partial charge < -0.3 is 26.2 Å². The number of rotatable bonds is 3. The Morgan fingerprint density at radius 3 is 2.65 bits per heavy atom. The molecule has 10 heteroatoms. The zero-order chi connectivity index (χ0) is 27.5. The van der Waals surface area contributed by atoms with Crippen LogP contribution in [0.1, 0.15) is 24.0 Å². The van der Waals surface area contributed by atoms with Gasteiger partial charge in [0.15, 0.2) is 5.82 Å². The van der Waals surface area contributed by atoms with E-state index in [1.54, 1.807) is 11.1 Å². The van der Waals surface area contributed by atoms with Crippen LogP contribution >= 0.6 is 11.6 Å². The molecule has 4 aromatic rings. The van der Waals surface area contributed by atoms with Gasteiger partial charge in [0.1, 0.15) is 11.1 Å². The average molecular weight is 554 g/mol. The molecule has 1 aromatic heterocycles. The van der Waals surface area contributed by atoms with Gasteiger partial charge in [-0.3, -0.25) is 4.79 Å². The third-order valence-corrected chi connectivity index (χ3v) is 7.35. The molecule has 2 aliphatic heterocycles. The van der Waals surface area contributed by atoms with Crippen molar-refractivity contribution in [1.82, 2.24) is 14.9 Å². The van der Waals surface area contributed by atoms with Gasteiger partial charge in [0.05, 0.1) is 6.20 Å². The van der Waals surface area contributed by atoms with E-state index in [9.17, 15) is 9.59 Å². The molecule has 1 fully saturated rings. The van der Waals surface area contributed by atoms with E-state index in [-0.39, 0.29) is 11.9 Å². The topological polar surface area (TPSA) is 111 Å². The van der Waals surface area contributed by atoms with Crippen molar-refractivity contribution in [3.63, 3.8) is 0 Å². The highest BCUT2D eigenvalue weighted by Crippen LogP contribution is 2.30. The largest absolute Gasteiger partial charge is 0.339 e. The molecule has 3 amide bonds. The summed E-state index contributed by atoms with van der Waals surface area (Å²) >= 11 is 6.39. The van der Waals surface area contributed by atoms with E-state index in [0.717, 1.165) is 35.3 Å². The number of benzene rings is 3. The molecule has 6 bridgehead atoms. The molecule has 202 valence electrons. The van der Waals surface area contributed by atoms with Crippen LogP contribution in [0.4, 0.5) is 39.3 Å². The first-order valence-corrected chi connectivity index (χ1v) is 13.6. The maximum atomic E-state index is 13.5. The number of carbonyl (C=O) groups is 2. The number of urea groups is 1. The Labute approximate surface area is 237 Å². The Morgan fingerprint density at radius 2 is 1.77 bits per heavy atom. The summed E-state index contributed by atoms with van der Waals surface area (Å²) in [6.07, 6.45) is 4.38. The van der Waals surface area contributed by atoms with Crippen LogP contribution in [0.15, 0.2) is 79.0 Å². The van der Waals surface area contributed by atoms with Crippen LogP contribution < -0.4 is 21.3 Å². The summed E-state index contributed by atoms with van der Waals surface area (Å²) in [7, 11) is 0. The van der Waals surface area contributed by atoms with E-state index in [0.29, 0.717) is 47.6 Å². The zero-order valence-corrected chi connectivity index (χ0v) is 22.4. The van der Waals surface area contributed by atoms with Crippen LogP contribution in [0.2, 0.25) is 5.02 Å². The third-order valence-electron chi connectivity index (χ3n) is 7.08. The predicted molar refractivity (Wildman–Crippen MR) is 158 cm³/mol. The number of aromatic nitrogens is 2. The predicted octanol–water partition coefficient (Wildman–Crippen LogP) is 6.35. The molecule has 0 spiro atoms. The molecule has 6 rings (SSSR count). The lowest BCUT2D eigenvalue weighted by atomic mass is 10.0. The monoisotopic (exact) mass is 553 g/mol. The molecule has 4 N–H and O–H groups in total. The SMILES string of the molecule is O=C(Nc1ccc2cc1CCc1cccc(c1)Nc1ncc(Cl)c(n1)N2)[C@@H]1CCCN1C(=O)Nc1ccccc1. The number of nitrogens with one attached hydrogen (secondary N) is 4. The van der Waals surface area contributed by atoms with Crippen molar-refractivity contribution in [3.05, 3.63) is 95.1 Å². The lowest BCUT2D eigenvalue weighted by molar-refractivity contribution is -0.119. The maximum Gasteiger partial charge on any atom is 0.322 e. The second-order valence-electron chi connectivity index (χ2n) is 9.85. The number of amides is 3. The minimum Gasteiger partial charge on any atom is -0.339 e. The summed E-state index contributed by atoms with van der Waals surface area (Å²) in [4.78, 5) is 36.9. The van der Waals surface area contributed by atoms with Crippen molar-refractivity contribution in [2.75, 3.05) is 27.8 Å². The number of fused-ring (bicyclic) bond motifs is 6. The summed E-state index contributed by atoms with van der Waals surface area (Å²) in [5.41, 5.74) is 5.16. The highest BCUT2D eigenvalue weighted by atomic mass is 35.5. The summed E-state index contributed by atoms with van der Waals surface area (Å²) < 4.78 is 0. The van der Waals surface area contributed by atoms with E-state index >= 15 is 0 Å². The maximum absolute atomic E-state index is 13.5. The third kappa shape index (κ3) is 5.69. The summed E-state index contributed by atoms with van der Waals surface area (Å²) in [5.74, 6) is 0.712. The first-order valence-electron chi connectivity index (χ1n) is 13.2. The van der Waals surface area contributed by atoms with Crippen molar-refractivity contribution >= 4 is 58.1 Å². The Hall–Kier alpha value is -4.63. The molecule has 0 radical (unpaired) electrons. The molecule has 40 heavy (non-hydrogen) atoms. The van der Waals surface area contributed by atoms with Gasteiger partial charge in [-0.1, -0.05) is 41.9 Å². The van der Waals surface area contributed by atoms with Crippen molar-refractivity contribution in [3.8, 4) is 0 Å². The number of likely N-dealkylation sites (tertiary alicyclic amines) is 1. The minimum absolute atomic E-state index is 0.199. The van der Waals surface area contributed by atoms with E-state index in [1.165, 1.54) is 0 Å². The van der Waals surface area contributed by atoms with Crippen molar-refractivity contribution in [1.29, 1.82) is 0 Å². The summed E-state index contributed by atoms with van der Waals surface area (Å²) in [5, 5.41) is 12.9. The van der Waals surface area contributed by atoms with Gasteiger partial charge in [-0.25, -0.2) is 9.78 Å². The number of hydrogen-bond donors (Lipinski definition) is 4. The Morgan fingerprint density at radius 1 is 0.925 bits per heavy atom. The summed E-state index contributed by atoms with van der Waals surface area (Å²) in [6.45, 7) is 0.526. The normalized spacial score (nSPS) is 15.9. The molecule has 0 unspecified atom stereocenters. The average Bonchev–Trinajstić information content (AvgIpc) is 3.46. The van der Waals surface area contributed by atoms with Crippen LogP contribution in [0.25, 0.3) is 0 Å². The number of para-hydroxylation sites is 1. The second kappa shape index (κ2) is 11.2. The van der Waals surface area contributed by atoms with Gasteiger partial charge in [0, 0.05) is 29.3 Å². The number of carbonyl (C=O) groups excluding carboxylic acids is 2. The van der Waals surface area contributed by atoms with E-state index < -0.39 is 6.04 Å². The molecule has 0 saturated carbocycles. The first-order chi connectivity index (χ1) is 19.5. The molecule has 1 saturated heterocycles. The standard InChI is InChI=1S/C30H28ClN7O2/c31-24-18-32-29-34-22-9-4-6-19(16-22)11-12-20-17-23(33-27(24)37-29)13-14-25(20)36-28(39)26-10-5-15-38(26)30(40)35-21-7-2-1-3-8-21/h1-4,6-9,13-14,16-18,26H,5,10-12,15H2,(H,35,40)(H,36,39)(H2,32,33,34,37)/t26-/m0/s1. The smallest absolute Gasteiger partial charge is 0.322 e. The van der Waals surface area contributed by atoms with E-state index in [1.807, 2.05) is 60.7 Å². The molecule has 9 nitrogen and oxygen atoms in total. The molecule has 2 aliphatic rings. The molecule has 0 aliphatic carbocycles. The van der Waals surface area contributed by atoms with E-state index in [4.69, 9.17) is 11.6 Å². The highest BCUT2D eigenvalue weighted by Gasteiger charge is 2.34. The zero-order valence-electron chi connectivity index (χ0n) is 21.7. The molecule has 1 atom stereocenters. The van der Waals surface area contributed by atoms with Crippen molar-refractivity contribution in [2.45, 2.75) is 31.7 Å². The summed E-state index contributed by atoms with van der Waals surface area (Å²) in [6, 6.07) is 22.3. The fourth-order valence-corrected chi connectivity index (χ4v) is 5.22. The van der Waals surface area contributed by atoms with Gasteiger partial charge in [0.25, 0.3) is 0 Å². The van der Waals surface area contributed by atoms with Crippen LogP contribution in [-0.4, -0.2) is 39.4 Å². The van der Waals surface area contributed by atoms with Gasteiger partial charge in [-0.2, -0.15) is 4.98 Å². The quantitative estimate of drug-likeness (QED) is 0.235. The van der Waals surface area contributed by atoms with Crippen LogP contribution in [-0.2, 0) is 17.6 Å². The van der Waals surface area contributed by atoms with Crippen LogP contribution in [0, 0.1) is 0 Å². The van der Waals surface area contributed by atoms with Crippen LogP contribution in [0.5, 0.6) is 0 Å². The Balaban J connectivity index is 1.25. The number of hydrogen-bond acceptors (Lipinski definition) is 6. The second-order valence-corrected chi connectivity index (χ2v) is 10.3. The fraction of sp³-hybridized carbons (Fsp3) is 0.200. The fourth-order valence-electron chi connectivity index (χ4n) is 5.08. The highest BCUT2D eigenvalue weighted by molar-refractivity contribution is 6.32. The molecular weight excluding hydrogens is 526 g/mol. The Bertz CT molecular complexity index is 1560. The lowest BCUT2D eigenvalue weighted by Crippen LogP contribution is -2.45. The van der Waals surface area contributed by atoms with Gasteiger partial charge >= 0.3 is 6.03 Å². The van der Waals surface area contributed by atoms with Crippen molar-refractivity contribution < 1.29 is 9.59 Å². The van der Waals surface area contributed by atoms with E-state index in [2.05, 4.69) is 43.4 Å². The number of anilines is 6. The number of halogens is 1. The van der Waals surface area contributed by atoms with Gasteiger partial charge in [-0.05, 0) is 79.3 Å². The lowest BCUT2D eigenvalue weighted by Gasteiger charge is -2.25. The molecule has 3 aromatic carbocycles. The van der Waals surface area contributed by atoms with Crippen LogP contribution in [0.3, 0.4) is 0 Å². The van der Waals surface area contributed by atoms with Crippen molar-refractivity contribution in [2.24, 2.45) is 0 Å². The minimum atomic E-state index is -0.551. The molecular formula is C30H28ClN7O2. The Kier molecular flexibility index (Phi) is 7.20.